The number of aryl methyl sites for hydroxylation is 1. The number of rotatable bonds is 8. The number of hydrogen-bond acceptors (Lipinski definition) is 4. The zero-order valence-corrected chi connectivity index (χ0v) is 19.6. The lowest BCUT2D eigenvalue weighted by atomic mass is 10.00. The van der Waals surface area contributed by atoms with Crippen LogP contribution in [0.2, 0.25) is 0 Å². The molecular weight excluding hydrogens is 432 g/mol. The number of hydrogen-bond donors (Lipinski definition) is 0. The Morgan fingerprint density at radius 2 is 1.91 bits per heavy atom. The van der Waals surface area contributed by atoms with E-state index in [2.05, 4.69) is 18.0 Å². The zero-order chi connectivity index (χ0) is 23.2. The van der Waals surface area contributed by atoms with Gasteiger partial charge in [0.2, 0.25) is 5.91 Å². The Kier molecular flexibility index (Phi) is 7.25. The highest BCUT2D eigenvalue weighted by atomic mass is 32.1. The predicted octanol–water partition coefficient (Wildman–Crippen LogP) is 4.89. The molecule has 0 N–H and O–H groups in total. The van der Waals surface area contributed by atoms with Crippen LogP contribution in [0.5, 0.6) is 5.75 Å². The number of amides is 2. The molecule has 1 aliphatic rings. The van der Waals surface area contributed by atoms with E-state index in [1.807, 2.05) is 60.4 Å². The third-order valence-electron chi connectivity index (χ3n) is 5.90. The molecule has 1 atom stereocenters. The highest BCUT2D eigenvalue weighted by molar-refractivity contribution is 7.10. The van der Waals surface area contributed by atoms with Crippen molar-refractivity contribution >= 4 is 23.2 Å². The van der Waals surface area contributed by atoms with Crippen molar-refractivity contribution in [2.75, 3.05) is 26.2 Å². The van der Waals surface area contributed by atoms with Gasteiger partial charge in [-0.3, -0.25) is 9.59 Å². The van der Waals surface area contributed by atoms with Gasteiger partial charge < -0.3 is 14.5 Å². The van der Waals surface area contributed by atoms with E-state index in [9.17, 15) is 9.59 Å². The third kappa shape index (κ3) is 5.17. The lowest BCUT2D eigenvalue weighted by molar-refractivity contribution is -0.135. The van der Waals surface area contributed by atoms with E-state index in [4.69, 9.17) is 4.74 Å². The van der Waals surface area contributed by atoms with Gasteiger partial charge in [0.1, 0.15) is 18.9 Å². The number of ether oxygens (including phenoxy) is 1. The van der Waals surface area contributed by atoms with E-state index in [0.29, 0.717) is 25.3 Å². The Bertz CT molecular complexity index is 1130. The fourth-order valence-corrected chi connectivity index (χ4v) is 5.11. The first kappa shape index (κ1) is 22.8. The highest BCUT2D eigenvalue weighted by Crippen LogP contribution is 2.34. The number of fused-ring (bicyclic) bond motifs is 1. The number of para-hydroxylation sites is 1. The number of carbonyl (C=O) groups is 2. The molecule has 1 unspecified atom stereocenters. The molecule has 2 heterocycles. The molecule has 0 saturated heterocycles. The maximum Gasteiger partial charge on any atom is 0.254 e. The van der Waals surface area contributed by atoms with Crippen molar-refractivity contribution in [1.29, 1.82) is 0 Å². The van der Waals surface area contributed by atoms with Crippen LogP contribution in [0.25, 0.3) is 0 Å². The minimum absolute atomic E-state index is 0.000491. The normalized spacial score (nSPS) is 14.9. The average Bonchev–Trinajstić information content (AvgIpc) is 3.32. The molecule has 0 saturated carbocycles. The summed E-state index contributed by atoms with van der Waals surface area (Å²) in [4.78, 5) is 31.4. The minimum atomic E-state index is -0.188. The lowest BCUT2D eigenvalue weighted by Gasteiger charge is -2.37. The van der Waals surface area contributed by atoms with Gasteiger partial charge in [-0.15, -0.1) is 17.9 Å². The molecule has 2 aromatic carbocycles. The molecular formula is C27H28N2O3S. The summed E-state index contributed by atoms with van der Waals surface area (Å²) in [5.74, 6) is 0.527. The molecule has 0 bridgehead atoms. The summed E-state index contributed by atoms with van der Waals surface area (Å²) in [5.41, 5.74) is 2.63. The largest absolute Gasteiger partial charge is 0.491 e. The minimum Gasteiger partial charge on any atom is -0.491 e. The number of nitrogens with zero attached hydrogens (tertiary/aromatic N) is 2. The topological polar surface area (TPSA) is 49.9 Å². The van der Waals surface area contributed by atoms with Crippen molar-refractivity contribution in [2.24, 2.45) is 0 Å². The van der Waals surface area contributed by atoms with Crippen molar-refractivity contribution in [3.05, 3.63) is 100 Å². The smallest absolute Gasteiger partial charge is 0.254 e. The average molecular weight is 461 g/mol. The highest BCUT2D eigenvalue weighted by Gasteiger charge is 2.33. The Hall–Kier alpha value is -3.38. The fourth-order valence-electron chi connectivity index (χ4n) is 4.18. The van der Waals surface area contributed by atoms with Crippen LogP contribution < -0.4 is 4.74 Å². The van der Waals surface area contributed by atoms with Crippen LogP contribution in [0.15, 0.2) is 78.7 Å². The molecule has 1 aliphatic heterocycles. The van der Waals surface area contributed by atoms with Gasteiger partial charge in [-0.05, 0) is 54.1 Å². The van der Waals surface area contributed by atoms with Gasteiger partial charge in [0.25, 0.3) is 5.91 Å². The first-order valence-corrected chi connectivity index (χ1v) is 12.0. The molecule has 0 aliphatic carbocycles. The van der Waals surface area contributed by atoms with E-state index in [1.54, 1.807) is 28.4 Å². The fraction of sp³-hybridized carbons (Fsp3) is 0.259. The van der Waals surface area contributed by atoms with Crippen LogP contribution in [0.4, 0.5) is 0 Å². The summed E-state index contributed by atoms with van der Waals surface area (Å²) in [5, 5.41) is 2.07. The van der Waals surface area contributed by atoms with Crippen molar-refractivity contribution in [1.82, 2.24) is 9.80 Å². The van der Waals surface area contributed by atoms with Crippen molar-refractivity contribution < 1.29 is 14.3 Å². The number of carbonyl (C=O) groups excluding carboxylic acids is 2. The van der Waals surface area contributed by atoms with Crippen LogP contribution in [0.3, 0.4) is 0 Å². The van der Waals surface area contributed by atoms with Crippen molar-refractivity contribution in [2.45, 2.75) is 19.4 Å². The van der Waals surface area contributed by atoms with E-state index in [-0.39, 0.29) is 24.4 Å². The van der Waals surface area contributed by atoms with E-state index in [0.717, 1.165) is 23.3 Å². The Morgan fingerprint density at radius 1 is 1.15 bits per heavy atom. The quantitative estimate of drug-likeness (QED) is 0.450. The first-order valence-electron chi connectivity index (χ1n) is 11.1. The van der Waals surface area contributed by atoms with Crippen molar-refractivity contribution in [3.63, 3.8) is 0 Å². The monoisotopic (exact) mass is 460 g/mol. The van der Waals surface area contributed by atoms with Gasteiger partial charge in [-0.2, -0.15) is 0 Å². The molecule has 0 radical (unpaired) electrons. The summed E-state index contributed by atoms with van der Waals surface area (Å²) in [6.07, 6.45) is 2.47. The Balaban J connectivity index is 1.53. The second-order valence-corrected chi connectivity index (χ2v) is 9.07. The van der Waals surface area contributed by atoms with Crippen LogP contribution in [0, 0.1) is 6.92 Å². The molecule has 6 heteroatoms. The summed E-state index contributed by atoms with van der Waals surface area (Å²) >= 11 is 1.72. The second-order valence-electron chi connectivity index (χ2n) is 8.07. The zero-order valence-electron chi connectivity index (χ0n) is 18.8. The van der Waals surface area contributed by atoms with E-state index in [1.165, 1.54) is 4.88 Å². The van der Waals surface area contributed by atoms with Gasteiger partial charge >= 0.3 is 0 Å². The summed E-state index contributed by atoms with van der Waals surface area (Å²) < 4.78 is 6.05. The molecule has 0 spiro atoms. The first-order chi connectivity index (χ1) is 16.1. The summed E-state index contributed by atoms with van der Waals surface area (Å²) in [7, 11) is 0. The molecule has 2 amide bonds. The van der Waals surface area contributed by atoms with E-state index >= 15 is 0 Å². The van der Waals surface area contributed by atoms with Crippen LogP contribution in [-0.2, 0) is 11.2 Å². The standard InChI is InChI=1S/C27H28N2O3S/c1-3-15-28(27(31)22-12-8-7-9-20(22)2)18-26(30)29-16-13-25-23(14-17-33-25)24(29)19-32-21-10-5-4-6-11-21/h3-12,14,17,24H,1,13,15-16,18-19H2,2H3. The van der Waals surface area contributed by atoms with E-state index < -0.39 is 0 Å². The van der Waals surface area contributed by atoms with Gasteiger partial charge in [0, 0.05) is 23.5 Å². The predicted molar refractivity (Wildman–Crippen MR) is 132 cm³/mol. The Labute approximate surface area is 198 Å². The SMILES string of the molecule is C=CCN(CC(=O)N1CCc2sccc2C1COc1ccccc1)C(=O)c1ccccc1C. The van der Waals surface area contributed by atoms with Gasteiger partial charge in [-0.1, -0.05) is 42.5 Å². The second kappa shape index (κ2) is 10.5. The number of thiophene rings is 1. The van der Waals surface area contributed by atoms with Gasteiger partial charge in [0.05, 0.1) is 6.04 Å². The maximum atomic E-state index is 13.5. The molecule has 4 rings (SSSR count). The van der Waals surface area contributed by atoms with Crippen LogP contribution >= 0.6 is 11.3 Å². The van der Waals surface area contributed by atoms with Gasteiger partial charge in [0.15, 0.2) is 0 Å². The molecule has 5 nitrogen and oxygen atoms in total. The maximum absolute atomic E-state index is 13.5. The molecule has 1 aromatic heterocycles. The van der Waals surface area contributed by atoms with Crippen LogP contribution in [-0.4, -0.2) is 47.9 Å². The molecule has 0 fully saturated rings. The number of benzene rings is 2. The van der Waals surface area contributed by atoms with Crippen LogP contribution in [0.1, 0.15) is 32.4 Å². The summed E-state index contributed by atoms with van der Waals surface area (Å²) in [6.45, 7) is 6.97. The third-order valence-corrected chi connectivity index (χ3v) is 6.90. The summed E-state index contributed by atoms with van der Waals surface area (Å²) in [6, 6.07) is 19.0. The Morgan fingerprint density at radius 3 is 2.67 bits per heavy atom. The lowest BCUT2D eigenvalue weighted by Crippen LogP contribution is -2.48. The molecule has 3 aromatic rings. The molecule has 170 valence electrons. The molecule has 33 heavy (non-hydrogen) atoms. The van der Waals surface area contributed by atoms with Crippen molar-refractivity contribution in [3.8, 4) is 5.75 Å². The van der Waals surface area contributed by atoms with Gasteiger partial charge in [-0.25, -0.2) is 0 Å².